The summed E-state index contributed by atoms with van der Waals surface area (Å²) in [5.74, 6) is -1.94. The normalized spacial score (nSPS) is 45.3. The molecule has 0 spiro atoms. The Hall–Kier alpha value is -1.38. The summed E-state index contributed by atoms with van der Waals surface area (Å²) in [5.41, 5.74) is 0. The Balaban J connectivity index is 2.20. The van der Waals surface area contributed by atoms with Gasteiger partial charge in [-0.25, -0.2) is 4.79 Å². The van der Waals surface area contributed by atoms with Crippen LogP contribution in [0, 0.1) is 0 Å². The second-order valence-corrected chi connectivity index (χ2v) is 6.49. The summed E-state index contributed by atoms with van der Waals surface area (Å²) in [6.45, 7) is 2.82. The molecule has 0 bridgehead atoms. The summed E-state index contributed by atoms with van der Waals surface area (Å²) < 4.78 is 21.0. The summed E-state index contributed by atoms with van der Waals surface area (Å²) in [6.07, 6.45) is -13.5. The van der Waals surface area contributed by atoms with Crippen LogP contribution in [0.5, 0.6) is 0 Å². The Labute approximate surface area is 154 Å². The zero-order valence-electron chi connectivity index (χ0n) is 15.0. The Morgan fingerprint density at radius 2 is 1.63 bits per heavy atom. The Bertz CT molecular complexity index is 546. The number of ether oxygens (including phenoxy) is 4. The summed E-state index contributed by atoms with van der Waals surface area (Å²) in [5, 5.41) is 51.6. The molecule has 2 aliphatic rings. The fourth-order valence-corrected chi connectivity index (χ4v) is 3.17. The van der Waals surface area contributed by atoms with E-state index in [4.69, 9.17) is 18.9 Å². The summed E-state index contributed by atoms with van der Waals surface area (Å²) in [4.78, 5) is 22.7. The fraction of sp³-hybridized carbons (Fsp3) is 0.867. The van der Waals surface area contributed by atoms with Crippen molar-refractivity contribution in [2.24, 2.45) is 0 Å². The van der Waals surface area contributed by atoms with Crippen LogP contribution < -0.4 is 5.32 Å². The minimum atomic E-state index is -1.92. The number of hydrogen-bond acceptors (Lipinski definition) is 10. The molecule has 0 saturated carbocycles. The van der Waals surface area contributed by atoms with E-state index < -0.39 is 73.2 Å². The molecule has 12 nitrogen and oxygen atoms in total. The number of aliphatic hydroxyl groups excluding tert-OH is 4. The van der Waals surface area contributed by atoms with Gasteiger partial charge in [-0.3, -0.25) is 4.79 Å². The number of carbonyl (C=O) groups is 2. The molecule has 10 atom stereocenters. The largest absolute Gasteiger partial charge is 0.479 e. The van der Waals surface area contributed by atoms with Crippen molar-refractivity contribution in [3.63, 3.8) is 0 Å². The highest BCUT2D eigenvalue weighted by molar-refractivity contribution is 5.73. The van der Waals surface area contributed by atoms with E-state index in [1.165, 1.54) is 14.0 Å². The molecule has 1 amide bonds. The average molecular weight is 395 g/mol. The number of aliphatic hydroxyl groups is 4. The van der Waals surface area contributed by atoms with Gasteiger partial charge in [-0.15, -0.1) is 0 Å². The zero-order valence-corrected chi connectivity index (χ0v) is 15.0. The van der Waals surface area contributed by atoms with Crippen LogP contribution in [0.4, 0.5) is 0 Å². The van der Waals surface area contributed by atoms with Crippen molar-refractivity contribution in [3.05, 3.63) is 0 Å². The molecule has 0 aromatic rings. The molecular weight excluding hydrogens is 370 g/mol. The van der Waals surface area contributed by atoms with Crippen molar-refractivity contribution >= 4 is 11.9 Å². The number of rotatable bonds is 5. The number of carboxylic acids is 1. The highest BCUT2D eigenvalue weighted by Gasteiger charge is 2.52. The van der Waals surface area contributed by atoms with Gasteiger partial charge in [0, 0.05) is 14.0 Å². The topological polar surface area (TPSA) is 184 Å². The number of carbonyl (C=O) groups excluding carboxylic acids is 1. The van der Waals surface area contributed by atoms with Crippen molar-refractivity contribution in [1.82, 2.24) is 5.32 Å². The zero-order chi connectivity index (χ0) is 20.5. The Kier molecular flexibility index (Phi) is 7.10. The first-order valence-corrected chi connectivity index (χ1v) is 8.29. The number of hydrogen-bond donors (Lipinski definition) is 6. The lowest BCUT2D eigenvalue weighted by Gasteiger charge is -2.46. The molecule has 27 heavy (non-hydrogen) atoms. The van der Waals surface area contributed by atoms with Gasteiger partial charge in [-0.05, 0) is 6.92 Å². The van der Waals surface area contributed by atoms with Crippen molar-refractivity contribution < 1.29 is 54.1 Å². The molecular formula is C15H25NO11. The summed E-state index contributed by atoms with van der Waals surface area (Å²) in [7, 11) is 1.25. The molecule has 0 aliphatic carbocycles. The molecule has 12 heteroatoms. The molecule has 2 aliphatic heterocycles. The van der Waals surface area contributed by atoms with E-state index in [9.17, 15) is 35.1 Å². The van der Waals surface area contributed by atoms with Crippen LogP contribution in [0.2, 0.25) is 0 Å². The number of nitrogens with one attached hydrogen (secondary N) is 1. The van der Waals surface area contributed by atoms with Crippen LogP contribution in [0.15, 0.2) is 0 Å². The molecule has 2 saturated heterocycles. The quantitative estimate of drug-likeness (QED) is 0.272. The van der Waals surface area contributed by atoms with Crippen LogP contribution in [-0.4, -0.2) is 106 Å². The molecule has 2 heterocycles. The minimum absolute atomic E-state index is 0.400. The third-order valence-electron chi connectivity index (χ3n) is 4.57. The van der Waals surface area contributed by atoms with E-state index in [1.54, 1.807) is 6.92 Å². The van der Waals surface area contributed by atoms with Crippen LogP contribution in [0.25, 0.3) is 0 Å². The summed E-state index contributed by atoms with van der Waals surface area (Å²) >= 11 is 0. The van der Waals surface area contributed by atoms with Crippen LogP contribution >= 0.6 is 0 Å². The molecule has 6 N–H and O–H groups in total. The van der Waals surface area contributed by atoms with Gasteiger partial charge in [0.05, 0.1) is 12.1 Å². The van der Waals surface area contributed by atoms with Gasteiger partial charge < -0.3 is 49.8 Å². The molecule has 156 valence electrons. The van der Waals surface area contributed by atoms with E-state index in [0.717, 1.165) is 0 Å². The van der Waals surface area contributed by atoms with E-state index in [-0.39, 0.29) is 0 Å². The van der Waals surface area contributed by atoms with E-state index in [0.29, 0.717) is 0 Å². The van der Waals surface area contributed by atoms with Gasteiger partial charge in [0.15, 0.2) is 18.7 Å². The van der Waals surface area contributed by atoms with Crippen LogP contribution in [-0.2, 0) is 28.5 Å². The second kappa shape index (κ2) is 8.75. The van der Waals surface area contributed by atoms with Gasteiger partial charge in [0.1, 0.15) is 30.5 Å². The maximum atomic E-state index is 11.4. The Morgan fingerprint density at radius 1 is 1.00 bits per heavy atom. The van der Waals surface area contributed by atoms with Gasteiger partial charge >= 0.3 is 5.97 Å². The van der Waals surface area contributed by atoms with Gasteiger partial charge in [-0.2, -0.15) is 0 Å². The molecule has 0 aromatic carbocycles. The van der Waals surface area contributed by atoms with Gasteiger partial charge in [0.2, 0.25) is 5.91 Å². The predicted octanol–water partition coefficient (Wildman–Crippen LogP) is -3.48. The number of carboxylic acid groups (broad SMARTS) is 1. The first-order valence-electron chi connectivity index (χ1n) is 8.29. The first-order chi connectivity index (χ1) is 12.6. The molecule has 0 radical (unpaired) electrons. The van der Waals surface area contributed by atoms with E-state index in [1.807, 2.05) is 0 Å². The Morgan fingerprint density at radius 3 is 2.15 bits per heavy atom. The summed E-state index contributed by atoms with van der Waals surface area (Å²) in [6, 6.07) is -0.817. The number of amides is 1. The monoisotopic (exact) mass is 395 g/mol. The van der Waals surface area contributed by atoms with Crippen molar-refractivity contribution in [1.29, 1.82) is 0 Å². The second-order valence-electron chi connectivity index (χ2n) is 6.49. The minimum Gasteiger partial charge on any atom is -0.479 e. The average Bonchev–Trinajstić information content (AvgIpc) is 2.58. The van der Waals surface area contributed by atoms with Gasteiger partial charge in [-0.1, -0.05) is 0 Å². The maximum absolute atomic E-state index is 11.4. The highest BCUT2D eigenvalue weighted by atomic mass is 16.7. The lowest BCUT2D eigenvalue weighted by molar-refractivity contribution is -0.341. The third-order valence-corrected chi connectivity index (χ3v) is 4.57. The van der Waals surface area contributed by atoms with Crippen molar-refractivity contribution in [2.45, 2.75) is 75.2 Å². The van der Waals surface area contributed by atoms with Gasteiger partial charge in [0.25, 0.3) is 0 Å². The van der Waals surface area contributed by atoms with Crippen molar-refractivity contribution in [2.75, 3.05) is 7.11 Å². The van der Waals surface area contributed by atoms with Crippen LogP contribution in [0.3, 0.4) is 0 Å². The van der Waals surface area contributed by atoms with Crippen molar-refractivity contribution in [3.8, 4) is 0 Å². The smallest absolute Gasteiger partial charge is 0.335 e. The third kappa shape index (κ3) is 4.55. The first kappa shape index (κ1) is 21.9. The lowest BCUT2D eigenvalue weighted by Crippen LogP contribution is -2.66. The van der Waals surface area contributed by atoms with E-state index >= 15 is 0 Å². The number of methoxy groups -OCH3 is 1. The lowest BCUT2D eigenvalue weighted by atomic mass is 9.95. The number of aliphatic carboxylic acids is 1. The molecule has 2 fully saturated rings. The molecule has 0 unspecified atom stereocenters. The van der Waals surface area contributed by atoms with E-state index in [2.05, 4.69) is 5.32 Å². The molecule has 0 aromatic heterocycles. The highest BCUT2D eigenvalue weighted by Crippen LogP contribution is 2.29. The maximum Gasteiger partial charge on any atom is 0.335 e. The van der Waals surface area contributed by atoms with Crippen LogP contribution in [0.1, 0.15) is 13.8 Å². The SMILES string of the molecule is CO[C@H]1[C@@H](O[C@H]2[C@H](O)[C@@H](O)[C@H](O)O[C@@H]2C(=O)O)O[C@H](C)[C@H](NC(C)=O)[C@@H]1O. The fourth-order valence-electron chi connectivity index (χ4n) is 3.17. The molecule has 2 rings (SSSR count). The predicted molar refractivity (Wildman–Crippen MR) is 84.1 cm³/mol. The standard InChI is InChI=1S/C15H25NO11/c1-4-6(16-5(2)17)7(18)11(24-3)15(25-4)27-10-8(19)9(20)14(23)26-12(10)13(21)22/h4,6-12,14-15,18-20,23H,1-3H3,(H,16,17)(H,21,22)/t4-,6+,7+,8-,9-,10+,11-,12+,14-,15-/m1/s1.